The first-order chi connectivity index (χ1) is 12.6. The Morgan fingerprint density at radius 1 is 1.12 bits per heavy atom. The maximum Gasteiger partial charge on any atom is 0.251 e. The minimum absolute atomic E-state index is 0.123. The van der Waals surface area contributed by atoms with E-state index in [1.165, 1.54) is 0 Å². The Balaban J connectivity index is 1.48. The van der Waals surface area contributed by atoms with Gasteiger partial charge in [0.1, 0.15) is 5.82 Å². The first-order valence-corrected chi connectivity index (χ1v) is 9.03. The number of hydrogen-bond donors (Lipinski definition) is 2. The van der Waals surface area contributed by atoms with E-state index < -0.39 is 0 Å². The summed E-state index contributed by atoms with van der Waals surface area (Å²) in [7, 11) is 0. The third kappa shape index (κ3) is 5.03. The van der Waals surface area contributed by atoms with Gasteiger partial charge in [-0.15, -0.1) is 0 Å². The normalized spacial score (nSPS) is 14.0. The molecular formula is C18H19BrN4O3. The fraction of sp³-hybridized carbons (Fsp3) is 0.278. The van der Waals surface area contributed by atoms with Crippen molar-refractivity contribution < 1.29 is 14.3 Å². The van der Waals surface area contributed by atoms with Crippen molar-refractivity contribution in [3.05, 3.63) is 52.6 Å². The van der Waals surface area contributed by atoms with E-state index in [1.54, 1.807) is 36.5 Å². The summed E-state index contributed by atoms with van der Waals surface area (Å²) in [6.07, 6.45) is 1.72. The van der Waals surface area contributed by atoms with Gasteiger partial charge in [-0.05, 0) is 36.4 Å². The molecule has 2 aromatic rings. The van der Waals surface area contributed by atoms with Crippen LogP contribution in [0.15, 0.2) is 47.1 Å². The second kappa shape index (κ2) is 8.77. The summed E-state index contributed by atoms with van der Waals surface area (Å²) in [6.45, 7) is 2.94. The smallest absolute Gasteiger partial charge is 0.251 e. The fourth-order valence-corrected chi connectivity index (χ4v) is 2.78. The van der Waals surface area contributed by atoms with Gasteiger partial charge in [-0.3, -0.25) is 9.59 Å². The quantitative estimate of drug-likeness (QED) is 0.775. The van der Waals surface area contributed by atoms with E-state index in [0.29, 0.717) is 24.6 Å². The molecule has 2 N–H and O–H groups in total. The molecule has 3 rings (SSSR count). The molecule has 136 valence electrons. The fourth-order valence-electron chi connectivity index (χ4n) is 2.52. The molecule has 2 heterocycles. The number of halogens is 1. The highest BCUT2D eigenvalue weighted by atomic mass is 79.9. The number of anilines is 2. The number of ether oxygens (including phenoxy) is 1. The number of morpholine rings is 1. The number of rotatable bonds is 5. The van der Waals surface area contributed by atoms with Crippen LogP contribution in [-0.4, -0.2) is 49.6 Å². The Hall–Kier alpha value is -2.45. The van der Waals surface area contributed by atoms with Gasteiger partial charge in [-0.1, -0.05) is 15.9 Å². The van der Waals surface area contributed by atoms with Crippen molar-refractivity contribution in [2.45, 2.75) is 0 Å². The van der Waals surface area contributed by atoms with Crippen LogP contribution in [0.1, 0.15) is 10.4 Å². The molecule has 1 saturated heterocycles. The van der Waals surface area contributed by atoms with Gasteiger partial charge >= 0.3 is 0 Å². The number of nitrogens with zero attached hydrogens (tertiary/aromatic N) is 2. The van der Waals surface area contributed by atoms with Gasteiger partial charge in [0.25, 0.3) is 5.91 Å². The van der Waals surface area contributed by atoms with Crippen LogP contribution < -0.4 is 15.5 Å². The molecule has 1 aliphatic heterocycles. The lowest BCUT2D eigenvalue weighted by Crippen LogP contribution is -2.36. The van der Waals surface area contributed by atoms with Crippen LogP contribution in [-0.2, 0) is 9.53 Å². The molecule has 0 bridgehead atoms. The van der Waals surface area contributed by atoms with E-state index in [-0.39, 0.29) is 18.4 Å². The van der Waals surface area contributed by atoms with Crippen LogP contribution in [0.2, 0.25) is 0 Å². The molecule has 7 nitrogen and oxygen atoms in total. The number of pyridine rings is 1. The zero-order valence-electron chi connectivity index (χ0n) is 14.1. The average Bonchev–Trinajstić information content (AvgIpc) is 2.68. The molecule has 1 aromatic carbocycles. The molecule has 2 amide bonds. The third-order valence-electron chi connectivity index (χ3n) is 3.91. The Bertz CT molecular complexity index is 759. The van der Waals surface area contributed by atoms with Gasteiger partial charge in [0, 0.05) is 23.1 Å². The van der Waals surface area contributed by atoms with Crippen molar-refractivity contribution in [3.8, 4) is 0 Å². The maximum atomic E-state index is 12.0. The number of carbonyl (C=O) groups is 2. The second-order valence-electron chi connectivity index (χ2n) is 5.74. The topological polar surface area (TPSA) is 83.6 Å². The van der Waals surface area contributed by atoms with Crippen molar-refractivity contribution in [1.29, 1.82) is 0 Å². The standard InChI is InChI=1S/C18H19BrN4O3/c19-14-3-1-13(2-4-14)18(25)21-12-17(24)22-16-6-5-15(11-20-16)23-7-9-26-10-8-23/h1-6,11H,7-10,12H2,(H,21,25)(H,20,22,24). The SMILES string of the molecule is O=C(CNC(=O)c1ccc(Br)cc1)Nc1ccc(N2CCOCC2)cn1. The molecule has 1 aliphatic rings. The number of benzene rings is 1. The van der Waals surface area contributed by atoms with Crippen LogP contribution in [0.5, 0.6) is 0 Å². The first-order valence-electron chi connectivity index (χ1n) is 8.24. The third-order valence-corrected chi connectivity index (χ3v) is 4.44. The van der Waals surface area contributed by atoms with E-state index >= 15 is 0 Å². The summed E-state index contributed by atoms with van der Waals surface area (Å²) in [5, 5.41) is 5.26. The predicted molar refractivity (Wildman–Crippen MR) is 102 cm³/mol. The predicted octanol–water partition coefficient (Wildman–Crippen LogP) is 2.05. The van der Waals surface area contributed by atoms with E-state index in [9.17, 15) is 9.59 Å². The van der Waals surface area contributed by atoms with Crippen LogP contribution in [0.4, 0.5) is 11.5 Å². The van der Waals surface area contributed by atoms with Crippen LogP contribution >= 0.6 is 15.9 Å². The van der Waals surface area contributed by atoms with Crippen molar-refractivity contribution in [1.82, 2.24) is 10.3 Å². The van der Waals surface area contributed by atoms with Gasteiger partial charge in [0.05, 0.1) is 31.6 Å². The van der Waals surface area contributed by atoms with Gasteiger partial charge in [0.15, 0.2) is 0 Å². The van der Waals surface area contributed by atoms with Gasteiger partial charge in [-0.25, -0.2) is 4.98 Å². The number of amides is 2. The zero-order valence-corrected chi connectivity index (χ0v) is 15.7. The van der Waals surface area contributed by atoms with E-state index in [1.807, 2.05) is 6.07 Å². The molecule has 0 radical (unpaired) electrons. The van der Waals surface area contributed by atoms with E-state index in [4.69, 9.17) is 4.74 Å². The van der Waals surface area contributed by atoms with Gasteiger partial charge < -0.3 is 20.3 Å². The summed E-state index contributed by atoms with van der Waals surface area (Å²) in [6, 6.07) is 10.6. The lowest BCUT2D eigenvalue weighted by molar-refractivity contribution is -0.115. The largest absolute Gasteiger partial charge is 0.378 e. The molecule has 8 heteroatoms. The highest BCUT2D eigenvalue weighted by molar-refractivity contribution is 9.10. The van der Waals surface area contributed by atoms with Crippen molar-refractivity contribution >= 4 is 39.2 Å². The monoisotopic (exact) mass is 418 g/mol. The summed E-state index contributed by atoms with van der Waals surface area (Å²) in [5.74, 6) is -0.185. The van der Waals surface area contributed by atoms with Gasteiger partial charge in [-0.2, -0.15) is 0 Å². The number of hydrogen-bond acceptors (Lipinski definition) is 5. The lowest BCUT2D eigenvalue weighted by Gasteiger charge is -2.28. The molecule has 0 atom stereocenters. The molecule has 0 saturated carbocycles. The highest BCUT2D eigenvalue weighted by Gasteiger charge is 2.12. The highest BCUT2D eigenvalue weighted by Crippen LogP contribution is 2.16. The minimum atomic E-state index is -0.331. The Morgan fingerprint density at radius 3 is 2.50 bits per heavy atom. The molecular weight excluding hydrogens is 400 g/mol. The van der Waals surface area contributed by atoms with Crippen LogP contribution in [0.3, 0.4) is 0 Å². The summed E-state index contributed by atoms with van der Waals surface area (Å²) >= 11 is 3.31. The molecule has 1 fully saturated rings. The number of aromatic nitrogens is 1. The summed E-state index contributed by atoms with van der Waals surface area (Å²) < 4.78 is 6.21. The molecule has 0 unspecified atom stereocenters. The molecule has 0 aliphatic carbocycles. The van der Waals surface area contributed by atoms with Gasteiger partial charge in [0.2, 0.25) is 5.91 Å². The maximum absolute atomic E-state index is 12.0. The van der Waals surface area contributed by atoms with Crippen LogP contribution in [0, 0.1) is 0 Å². The minimum Gasteiger partial charge on any atom is -0.378 e. The van der Waals surface area contributed by atoms with Crippen molar-refractivity contribution in [2.24, 2.45) is 0 Å². The summed E-state index contributed by atoms with van der Waals surface area (Å²) in [5.41, 5.74) is 1.49. The van der Waals surface area contributed by atoms with E-state index in [0.717, 1.165) is 23.2 Å². The Morgan fingerprint density at radius 2 is 1.85 bits per heavy atom. The number of nitrogens with one attached hydrogen (secondary N) is 2. The first kappa shape index (κ1) is 18.3. The van der Waals surface area contributed by atoms with Crippen molar-refractivity contribution in [2.75, 3.05) is 43.1 Å². The molecule has 1 aromatic heterocycles. The molecule has 0 spiro atoms. The molecule has 26 heavy (non-hydrogen) atoms. The summed E-state index contributed by atoms with van der Waals surface area (Å²) in [4.78, 5) is 30.4. The second-order valence-corrected chi connectivity index (χ2v) is 6.65. The average molecular weight is 419 g/mol. The Labute approximate surface area is 159 Å². The lowest BCUT2D eigenvalue weighted by atomic mass is 10.2. The number of carbonyl (C=O) groups excluding carboxylic acids is 2. The van der Waals surface area contributed by atoms with Crippen molar-refractivity contribution in [3.63, 3.8) is 0 Å². The van der Waals surface area contributed by atoms with E-state index in [2.05, 4.69) is 36.4 Å². The zero-order chi connectivity index (χ0) is 18.4. The van der Waals surface area contributed by atoms with Crippen LogP contribution in [0.25, 0.3) is 0 Å². The Kier molecular flexibility index (Phi) is 6.19.